The molecular weight excluding hydrogens is 430 g/mol. The predicted octanol–water partition coefficient (Wildman–Crippen LogP) is 4.88. The predicted molar refractivity (Wildman–Crippen MR) is 120 cm³/mol. The van der Waals surface area contributed by atoms with Crippen LogP contribution < -0.4 is 9.47 Å². The van der Waals surface area contributed by atoms with Gasteiger partial charge in [0.15, 0.2) is 18.1 Å². The quantitative estimate of drug-likeness (QED) is 0.306. The van der Waals surface area contributed by atoms with Gasteiger partial charge < -0.3 is 19.2 Å². The monoisotopic (exact) mass is 454 g/mol. The molecule has 6 nitrogen and oxygen atoms in total. The van der Waals surface area contributed by atoms with E-state index < -0.39 is 6.61 Å². The molecule has 0 heterocycles. The van der Waals surface area contributed by atoms with E-state index in [4.69, 9.17) is 9.57 Å². The number of ether oxygens (including phenoxy) is 2. The maximum atomic E-state index is 12.8. The molecule has 0 aromatic heterocycles. The van der Waals surface area contributed by atoms with Gasteiger partial charge in [0.05, 0.1) is 13.3 Å². The summed E-state index contributed by atoms with van der Waals surface area (Å²) in [7, 11) is 1.35. The Morgan fingerprint density at radius 3 is 2.09 bits per heavy atom. The number of carbonyl (C=O) groups is 1. The number of benzene rings is 3. The highest BCUT2D eigenvalue weighted by molar-refractivity contribution is 5.81. The van der Waals surface area contributed by atoms with Crippen LogP contribution in [0.25, 0.3) is 0 Å². The summed E-state index contributed by atoms with van der Waals surface area (Å²) in [6.45, 7) is -2.34. The Labute approximate surface area is 191 Å². The van der Waals surface area contributed by atoms with Gasteiger partial charge in [-0.05, 0) is 29.3 Å². The number of nitrogens with zero attached hydrogens (tertiary/aromatic N) is 2. The highest BCUT2D eigenvalue weighted by atomic mass is 19.3. The first-order chi connectivity index (χ1) is 16.0. The number of amides is 1. The average molecular weight is 454 g/mol. The molecule has 172 valence electrons. The fourth-order valence-corrected chi connectivity index (χ4v) is 3.08. The van der Waals surface area contributed by atoms with Crippen LogP contribution in [-0.2, 0) is 22.7 Å². The van der Waals surface area contributed by atoms with E-state index in [1.165, 1.54) is 31.5 Å². The molecule has 3 aromatic rings. The van der Waals surface area contributed by atoms with Crippen molar-refractivity contribution >= 4 is 12.1 Å². The second kappa shape index (κ2) is 12.2. The van der Waals surface area contributed by atoms with Crippen molar-refractivity contribution in [3.63, 3.8) is 0 Å². The number of oxime groups is 1. The molecule has 0 aliphatic heterocycles. The van der Waals surface area contributed by atoms with Gasteiger partial charge in [0, 0.05) is 18.7 Å². The summed E-state index contributed by atoms with van der Waals surface area (Å²) >= 11 is 0. The van der Waals surface area contributed by atoms with Crippen molar-refractivity contribution in [3.05, 3.63) is 95.6 Å². The smallest absolute Gasteiger partial charge is 0.387 e. The molecule has 0 spiro atoms. The van der Waals surface area contributed by atoms with E-state index in [1.807, 2.05) is 60.7 Å². The lowest BCUT2D eigenvalue weighted by Gasteiger charge is -2.22. The lowest BCUT2D eigenvalue weighted by Crippen LogP contribution is -2.32. The van der Waals surface area contributed by atoms with Crippen molar-refractivity contribution in [1.29, 1.82) is 0 Å². The van der Waals surface area contributed by atoms with Gasteiger partial charge in [0.25, 0.3) is 5.91 Å². The Hall–Kier alpha value is -3.94. The minimum absolute atomic E-state index is 0.0850. The molecule has 0 unspecified atom stereocenters. The van der Waals surface area contributed by atoms with Crippen LogP contribution in [0.2, 0.25) is 0 Å². The van der Waals surface area contributed by atoms with E-state index in [9.17, 15) is 13.6 Å². The number of hydrogen-bond acceptors (Lipinski definition) is 5. The highest BCUT2D eigenvalue weighted by Gasteiger charge is 2.15. The molecule has 0 aliphatic rings. The van der Waals surface area contributed by atoms with Crippen LogP contribution in [0.3, 0.4) is 0 Å². The van der Waals surface area contributed by atoms with Gasteiger partial charge in [-0.25, -0.2) is 0 Å². The van der Waals surface area contributed by atoms with Gasteiger partial charge in [0.2, 0.25) is 0 Å². The zero-order valence-electron chi connectivity index (χ0n) is 18.1. The van der Waals surface area contributed by atoms with Crippen molar-refractivity contribution < 1.29 is 27.9 Å². The lowest BCUT2D eigenvalue weighted by molar-refractivity contribution is -0.137. The van der Waals surface area contributed by atoms with Gasteiger partial charge in [-0.15, -0.1) is 0 Å². The molecule has 33 heavy (non-hydrogen) atoms. The second-order valence-corrected chi connectivity index (χ2v) is 7.02. The third-order valence-corrected chi connectivity index (χ3v) is 4.65. The Morgan fingerprint density at radius 1 is 0.939 bits per heavy atom. The fourth-order valence-electron chi connectivity index (χ4n) is 3.08. The minimum atomic E-state index is -2.96. The molecule has 0 saturated heterocycles. The first kappa shape index (κ1) is 23.7. The zero-order chi connectivity index (χ0) is 23.5. The lowest BCUT2D eigenvalue weighted by atomic mass is 10.1. The molecule has 3 aromatic carbocycles. The molecule has 8 heteroatoms. The van der Waals surface area contributed by atoms with E-state index in [0.29, 0.717) is 18.7 Å². The fraction of sp³-hybridized carbons (Fsp3) is 0.200. The topological polar surface area (TPSA) is 60.4 Å². The molecule has 0 N–H and O–H groups in total. The number of alkyl halides is 2. The Kier molecular flexibility index (Phi) is 8.76. The molecule has 0 aliphatic carbocycles. The van der Waals surface area contributed by atoms with Crippen LogP contribution in [0.5, 0.6) is 11.5 Å². The number of carbonyl (C=O) groups excluding carboxylic acids is 1. The first-order valence-corrected chi connectivity index (χ1v) is 10.2. The van der Waals surface area contributed by atoms with Gasteiger partial charge in [-0.3, -0.25) is 4.79 Å². The van der Waals surface area contributed by atoms with Crippen LogP contribution in [0.15, 0.2) is 84.0 Å². The molecule has 0 saturated carbocycles. The van der Waals surface area contributed by atoms with E-state index in [-0.39, 0.29) is 24.0 Å². The largest absolute Gasteiger partial charge is 0.493 e. The molecule has 0 atom stereocenters. The Morgan fingerprint density at radius 2 is 1.55 bits per heavy atom. The summed E-state index contributed by atoms with van der Waals surface area (Å²) in [6, 6.07) is 23.7. The van der Waals surface area contributed by atoms with Gasteiger partial charge in [-0.1, -0.05) is 65.8 Å². The van der Waals surface area contributed by atoms with Crippen molar-refractivity contribution in [3.8, 4) is 11.5 Å². The van der Waals surface area contributed by atoms with Crippen LogP contribution in [-0.4, -0.2) is 37.3 Å². The molecule has 0 fully saturated rings. The molecule has 0 bridgehead atoms. The van der Waals surface area contributed by atoms with E-state index in [2.05, 4.69) is 9.89 Å². The van der Waals surface area contributed by atoms with Gasteiger partial charge >= 0.3 is 6.61 Å². The third kappa shape index (κ3) is 7.60. The summed E-state index contributed by atoms with van der Waals surface area (Å²) in [5, 5.41) is 3.83. The average Bonchev–Trinajstić information content (AvgIpc) is 2.83. The van der Waals surface area contributed by atoms with E-state index >= 15 is 0 Å². The zero-order valence-corrected chi connectivity index (χ0v) is 18.1. The number of halogens is 2. The summed E-state index contributed by atoms with van der Waals surface area (Å²) in [6.07, 6.45) is 1.36. The summed E-state index contributed by atoms with van der Waals surface area (Å²) in [5.41, 5.74) is 2.54. The van der Waals surface area contributed by atoms with E-state index in [0.717, 1.165) is 11.1 Å². The minimum Gasteiger partial charge on any atom is -0.493 e. The van der Waals surface area contributed by atoms with Gasteiger partial charge in [0.1, 0.15) is 0 Å². The maximum absolute atomic E-state index is 12.8. The highest BCUT2D eigenvalue weighted by Crippen LogP contribution is 2.28. The van der Waals surface area contributed by atoms with Crippen LogP contribution in [0, 0.1) is 0 Å². The van der Waals surface area contributed by atoms with E-state index in [1.54, 1.807) is 4.90 Å². The normalized spacial score (nSPS) is 10.9. The second-order valence-electron chi connectivity index (χ2n) is 7.02. The maximum Gasteiger partial charge on any atom is 0.387 e. The number of methoxy groups -OCH3 is 1. The van der Waals surface area contributed by atoms with Crippen LogP contribution >= 0.6 is 0 Å². The number of rotatable bonds is 11. The summed E-state index contributed by atoms with van der Waals surface area (Å²) < 4.78 is 34.3. The third-order valence-electron chi connectivity index (χ3n) is 4.65. The Balaban J connectivity index is 1.61. The first-order valence-electron chi connectivity index (χ1n) is 10.2. The summed E-state index contributed by atoms with van der Waals surface area (Å²) in [4.78, 5) is 19.7. The van der Waals surface area contributed by atoms with Crippen molar-refractivity contribution in [2.45, 2.75) is 19.7 Å². The van der Waals surface area contributed by atoms with Crippen LogP contribution in [0.1, 0.15) is 16.7 Å². The van der Waals surface area contributed by atoms with Crippen LogP contribution in [0.4, 0.5) is 8.78 Å². The van der Waals surface area contributed by atoms with Crippen molar-refractivity contribution in [2.24, 2.45) is 5.16 Å². The molecular formula is C25H24F2N2O4. The van der Waals surface area contributed by atoms with Gasteiger partial charge in [-0.2, -0.15) is 8.78 Å². The Bertz CT molecular complexity index is 1010. The molecule has 1 amide bonds. The molecule has 3 rings (SSSR count). The standard InChI is InChI=1S/C25H24F2N2O4/c1-31-23-14-21(12-13-22(23)33-25(26)27)15-28-32-18-24(30)29(16-19-8-4-2-5-9-19)17-20-10-6-3-7-11-20/h2-15,25H,16-18H2,1H3/b28-15+. The molecule has 0 radical (unpaired) electrons. The van der Waals surface area contributed by atoms with Crippen molar-refractivity contribution in [2.75, 3.05) is 13.7 Å². The summed E-state index contributed by atoms with van der Waals surface area (Å²) in [5.74, 6) is -0.177. The SMILES string of the molecule is COc1cc(/C=N/OCC(=O)N(Cc2ccccc2)Cc2ccccc2)ccc1OC(F)F. The van der Waals surface area contributed by atoms with Crippen molar-refractivity contribution in [1.82, 2.24) is 4.90 Å². The number of hydrogen-bond donors (Lipinski definition) is 0.